The summed E-state index contributed by atoms with van der Waals surface area (Å²) in [6.45, 7) is 0.794. The summed E-state index contributed by atoms with van der Waals surface area (Å²) in [6.07, 6.45) is 0. The van der Waals surface area contributed by atoms with Crippen LogP contribution in [0.1, 0.15) is 0 Å². The average Bonchev–Trinajstić information content (AvgIpc) is 2.37. The summed E-state index contributed by atoms with van der Waals surface area (Å²) in [5.74, 6) is -0.595. The molecule has 0 spiro atoms. The normalized spacial score (nSPS) is 19.9. The number of sulfonamides is 1. The second-order valence-electron chi connectivity index (χ2n) is 4.46. The number of amides is 1. The van der Waals surface area contributed by atoms with Gasteiger partial charge in [-0.2, -0.15) is 0 Å². The molecule has 1 atom stereocenters. The van der Waals surface area contributed by atoms with Crippen molar-refractivity contribution in [3.8, 4) is 0 Å². The van der Waals surface area contributed by atoms with Gasteiger partial charge in [0.25, 0.3) is 0 Å². The van der Waals surface area contributed by atoms with Crippen LogP contribution in [0.2, 0.25) is 0 Å². The zero-order valence-corrected chi connectivity index (χ0v) is 11.5. The fourth-order valence-corrected chi connectivity index (χ4v) is 2.90. The molecule has 110 valence electrons. The van der Waals surface area contributed by atoms with Gasteiger partial charge in [0.05, 0.1) is 18.9 Å². The summed E-state index contributed by atoms with van der Waals surface area (Å²) < 4.78 is 28.5. The number of carbonyl (C=O) groups excluding carboxylic acids is 1. The smallest absolute Gasteiger partial charge is 0.242 e. The highest BCUT2D eigenvalue weighted by Crippen LogP contribution is 2.29. The average molecular weight is 300 g/mol. The topological polar surface area (TPSA) is 142 Å². The quantitative estimate of drug-likeness (QED) is 0.586. The predicted octanol–water partition coefficient (Wildman–Crippen LogP) is -1.39. The molecule has 1 saturated heterocycles. The minimum atomic E-state index is -3.97. The molecule has 1 aliphatic rings. The molecule has 1 unspecified atom stereocenters. The van der Waals surface area contributed by atoms with Crippen LogP contribution < -0.4 is 21.5 Å². The Balaban J connectivity index is 2.53. The standard InChI is InChI=1S/C11H16N4O4S/c12-7-1-2-8(10(5-7)20(14,17)18)15-3-4-19-6-9(15)11(13)16/h1-2,5,9H,3-4,6,12H2,(H2,13,16)(H2,14,17,18). The van der Waals surface area contributed by atoms with E-state index >= 15 is 0 Å². The molecule has 0 saturated carbocycles. The molecule has 0 radical (unpaired) electrons. The van der Waals surface area contributed by atoms with Gasteiger partial charge < -0.3 is 21.1 Å². The number of hydrogen-bond donors (Lipinski definition) is 3. The minimum Gasteiger partial charge on any atom is -0.399 e. The van der Waals surface area contributed by atoms with E-state index < -0.39 is 22.0 Å². The second-order valence-corrected chi connectivity index (χ2v) is 5.99. The van der Waals surface area contributed by atoms with Crippen LogP contribution in [0.5, 0.6) is 0 Å². The third-order valence-electron chi connectivity index (χ3n) is 3.06. The van der Waals surface area contributed by atoms with Crippen LogP contribution >= 0.6 is 0 Å². The maximum atomic E-state index is 11.7. The molecule has 1 aliphatic heterocycles. The van der Waals surface area contributed by atoms with Crippen molar-refractivity contribution in [3.05, 3.63) is 18.2 Å². The highest BCUT2D eigenvalue weighted by atomic mass is 32.2. The molecule has 0 aliphatic carbocycles. The number of primary amides is 1. The van der Waals surface area contributed by atoms with Crippen molar-refractivity contribution in [3.63, 3.8) is 0 Å². The van der Waals surface area contributed by atoms with E-state index in [9.17, 15) is 13.2 Å². The lowest BCUT2D eigenvalue weighted by atomic mass is 10.1. The SMILES string of the molecule is NC(=O)C1COCCN1c1ccc(N)cc1S(N)(=O)=O. The van der Waals surface area contributed by atoms with Crippen LogP contribution in [0, 0.1) is 0 Å². The Morgan fingerprint density at radius 1 is 1.40 bits per heavy atom. The number of carbonyl (C=O) groups is 1. The van der Waals surface area contributed by atoms with Crippen molar-refractivity contribution >= 4 is 27.3 Å². The van der Waals surface area contributed by atoms with Gasteiger partial charge in [-0.25, -0.2) is 13.6 Å². The lowest BCUT2D eigenvalue weighted by molar-refractivity contribution is -0.121. The lowest BCUT2D eigenvalue weighted by Gasteiger charge is -2.36. The molecule has 1 heterocycles. The molecule has 1 aromatic rings. The van der Waals surface area contributed by atoms with Crippen LogP contribution in [0.15, 0.2) is 23.1 Å². The molecule has 6 N–H and O–H groups in total. The molecule has 0 aromatic heterocycles. The number of hydrogen-bond acceptors (Lipinski definition) is 6. The van der Waals surface area contributed by atoms with Crippen molar-refractivity contribution < 1.29 is 17.9 Å². The first-order valence-electron chi connectivity index (χ1n) is 5.86. The molecule has 9 heteroatoms. The third-order valence-corrected chi connectivity index (χ3v) is 4.00. The maximum Gasteiger partial charge on any atom is 0.242 e. The van der Waals surface area contributed by atoms with E-state index in [1.807, 2.05) is 0 Å². The number of ether oxygens (including phenoxy) is 1. The van der Waals surface area contributed by atoms with Crippen molar-refractivity contribution in [2.45, 2.75) is 10.9 Å². The molecule has 20 heavy (non-hydrogen) atoms. The monoisotopic (exact) mass is 300 g/mol. The number of benzene rings is 1. The van der Waals surface area contributed by atoms with Crippen LogP contribution in [0.4, 0.5) is 11.4 Å². The van der Waals surface area contributed by atoms with E-state index in [4.69, 9.17) is 21.3 Å². The Labute approximate surface area is 116 Å². The number of nitrogens with zero attached hydrogens (tertiary/aromatic N) is 1. The van der Waals surface area contributed by atoms with Gasteiger partial charge in [0.2, 0.25) is 15.9 Å². The van der Waals surface area contributed by atoms with E-state index in [2.05, 4.69) is 0 Å². The van der Waals surface area contributed by atoms with Crippen molar-refractivity contribution in [1.29, 1.82) is 0 Å². The Hall–Kier alpha value is -1.84. The van der Waals surface area contributed by atoms with Crippen LogP contribution in [0.3, 0.4) is 0 Å². The van der Waals surface area contributed by atoms with Crippen LogP contribution in [-0.2, 0) is 19.6 Å². The zero-order valence-electron chi connectivity index (χ0n) is 10.7. The van der Waals surface area contributed by atoms with Crippen molar-refractivity contribution in [2.75, 3.05) is 30.4 Å². The fourth-order valence-electron chi connectivity index (χ4n) is 2.12. The summed E-state index contributed by atoms with van der Waals surface area (Å²) in [6, 6.07) is 3.57. The van der Waals surface area contributed by atoms with Crippen LogP contribution in [0.25, 0.3) is 0 Å². The Kier molecular flexibility index (Phi) is 3.84. The summed E-state index contributed by atoms with van der Waals surface area (Å²) in [5.41, 5.74) is 11.5. The summed E-state index contributed by atoms with van der Waals surface area (Å²) >= 11 is 0. The van der Waals surface area contributed by atoms with Gasteiger partial charge in [-0.1, -0.05) is 0 Å². The van der Waals surface area contributed by atoms with Crippen LogP contribution in [-0.4, -0.2) is 40.1 Å². The largest absolute Gasteiger partial charge is 0.399 e. The maximum absolute atomic E-state index is 11.7. The van der Waals surface area contributed by atoms with Crippen molar-refractivity contribution in [1.82, 2.24) is 0 Å². The minimum absolute atomic E-state index is 0.101. The third kappa shape index (κ3) is 2.84. The molecule has 8 nitrogen and oxygen atoms in total. The number of morpholine rings is 1. The summed E-state index contributed by atoms with van der Waals surface area (Å²) in [4.78, 5) is 12.9. The molecule has 1 fully saturated rings. The predicted molar refractivity (Wildman–Crippen MR) is 73.4 cm³/mol. The van der Waals surface area contributed by atoms with E-state index in [-0.39, 0.29) is 17.2 Å². The Morgan fingerprint density at radius 2 is 2.10 bits per heavy atom. The van der Waals surface area contributed by atoms with E-state index in [1.165, 1.54) is 18.2 Å². The van der Waals surface area contributed by atoms with Crippen molar-refractivity contribution in [2.24, 2.45) is 10.9 Å². The van der Waals surface area contributed by atoms with Gasteiger partial charge >= 0.3 is 0 Å². The van der Waals surface area contributed by atoms with Gasteiger partial charge in [-0.15, -0.1) is 0 Å². The molecule has 1 amide bonds. The second kappa shape index (κ2) is 5.27. The fraction of sp³-hybridized carbons (Fsp3) is 0.364. The highest BCUT2D eigenvalue weighted by Gasteiger charge is 2.31. The van der Waals surface area contributed by atoms with Gasteiger partial charge in [0.1, 0.15) is 10.9 Å². The number of rotatable bonds is 3. The Bertz CT molecular complexity index is 631. The molecular formula is C11H16N4O4S. The van der Waals surface area contributed by atoms with E-state index in [0.29, 0.717) is 18.8 Å². The highest BCUT2D eigenvalue weighted by molar-refractivity contribution is 7.89. The zero-order chi connectivity index (χ0) is 14.9. The van der Waals surface area contributed by atoms with Gasteiger partial charge in [0, 0.05) is 12.2 Å². The molecular weight excluding hydrogens is 284 g/mol. The first-order valence-corrected chi connectivity index (χ1v) is 7.41. The number of anilines is 2. The van der Waals surface area contributed by atoms with Gasteiger partial charge in [-0.3, -0.25) is 4.79 Å². The molecule has 2 rings (SSSR count). The van der Waals surface area contributed by atoms with Gasteiger partial charge in [-0.05, 0) is 18.2 Å². The first kappa shape index (κ1) is 14.6. The Morgan fingerprint density at radius 3 is 2.70 bits per heavy atom. The lowest BCUT2D eigenvalue weighted by Crippen LogP contribution is -2.53. The summed E-state index contributed by atoms with van der Waals surface area (Å²) in [7, 11) is -3.97. The van der Waals surface area contributed by atoms with Gasteiger partial charge in [0.15, 0.2) is 0 Å². The number of primary sulfonamides is 1. The summed E-state index contributed by atoms with van der Waals surface area (Å²) in [5, 5.41) is 5.20. The number of nitrogens with two attached hydrogens (primary N) is 3. The molecule has 1 aromatic carbocycles. The molecule has 0 bridgehead atoms. The van der Waals surface area contributed by atoms with E-state index in [1.54, 1.807) is 4.90 Å². The first-order chi connectivity index (χ1) is 9.30. The number of nitrogen functional groups attached to an aromatic ring is 1. The van der Waals surface area contributed by atoms with E-state index in [0.717, 1.165) is 0 Å².